The lowest BCUT2D eigenvalue weighted by Gasteiger charge is -2.09. The molecule has 0 aliphatic rings. The number of rotatable bonds is 6. The second kappa shape index (κ2) is 7.19. The second-order valence-electron chi connectivity index (χ2n) is 4.00. The summed E-state index contributed by atoms with van der Waals surface area (Å²) in [5.74, 6) is -0.145. The Morgan fingerprint density at radius 3 is 2.83 bits per heavy atom. The Morgan fingerprint density at radius 1 is 1.50 bits per heavy atom. The summed E-state index contributed by atoms with van der Waals surface area (Å²) in [6, 6.07) is 5.66. The van der Waals surface area contributed by atoms with Crippen LogP contribution in [0, 0.1) is 0 Å². The molecule has 0 spiro atoms. The molecule has 0 heterocycles. The number of benzene rings is 1. The van der Waals surface area contributed by atoms with Crippen LogP contribution in [0.4, 0.5) is 0 Å². The van der Waals surface area contributed by atoms with Crippen LogP contribution in [-0.4, -0.2) is 19.1 Å². The minimum Gasteiger partial charge on any atom is -0.372 e. The topological polar surface area (TPSA) is 38.3 Å². The van der Waals surface area contributed by atoms with Crippen molar-refractivity contribution in [3.63, 3.8) is 0 Å². The van der Waals surface area contributed by atoms with Gasteiger partial charge in [0.2, 0.25) is 5.91 Å². The molecule has 3 nitrogen and oxygen atoms in total. The highest BCUT2D eigenvalue weighted by Gasteiger charge is 2.05. The summed E-state index contributed by atoms with van der Waals surface area (Å²) in [6.07, 6.45) is 0. The van der Waals surface area contributed by atoms with Gasteiger partial charge in [-0.25, -0.2) is 0 Å². The smallest absolute Gasteiger partial charge is 0.246 e. The maximum Gasteiger partial charge on any atom is 0.246 e. The van der Waals surface area contributed by atoms with Gasteiger partial charge < -0.3 is 10.1 Å². The van der Waals surface area contributed by atoms with E-state index in [0.29, 0.717) is 18.2 Å². The summed E-state index contributed by atoms with van der Waals surface area (Å²) < 4.78 is 5.02. The Hall–Kier alpha value is -1.32. The Bertz CT molecular complexity index is 443. The number of hydrogen-bond donors (Lipinski definition) is 1. The van der Waals surface area contributed by atoms with E-state index in [1.165, 1.54) is 0 Å². The SMILES string of the molecule is C=C(C)c1ccc(Cl)c(CNC(=O)COCC)c1. The molecule has 0 aliphatic carbocycles. The maximum absolute atomic E-state index is 11.4. The van der Waals surface area contributed by atoms with Crippen LogP contribution in [0.1, 0.15) is 25.0 Å². The molecule has 1 aromatic rings. The van der Waals surface area contributed by atoms with E-state index in [9.17, 15) is 4.79 Å². The van der Waals surface area contributed by atoms with Crippen LogP contribution in [0.15, 0.2) is 24.8 Å². The van der Waals surface area contributed by atoms with Crippen LogP contribution in [0.25, 0.3) is 5.57 Å². The molecule has 1 rings (SSSR count). The van der Waals surface area contributed by atoms with Crippen molar-refractivity contribution in [1.29, 1.82) is 0 Å². The van der Waals surface area contributed by atoms with Gasteiger partial charge in [-0.1, -0.05) is 29.8 Å². The number of nitrogens with one attached hydrogen (secondary N) is 1. The summed E-state index contributed by atoms with van der Waals surface area (Å²) in [5.41, 5.74) is 2.86. The Labute approximate surface area is 113 Å². The average Bonchev–Trinajstić information content (AvgIpc) is 2.35. The third kappa shape index (κ3) is 4.51. The number of carbonyl (C=O) groups is 1. The average molecular weight is 268 g/mol. The molecule has 0 unspecified atom stereocenters. The number of halogens is 1. The minimum atomic E-state index is -0.145. The number of carbonyl (C=O) groups excluding carboxylic acids is 1. The monoisotopic (exact) mass is 267 g/mol. The van der Waals surface area contributed by atoms with E-state index >= 15 is 0 Å². The first-order chi connectivity index (χ1) is 8.54. The van der Waals surface area contributed by atoms with Crippen molar-refractivity contribution in [2.24, 2.45) is 0 Å². The van der Waals surface area contributed by atoms with Gasteiger partial charge in [-0.15, -0.1) is 0 Å². The standard InChI is InChI=1S/C14H18ClNO2/c1-4-18-9-14(17)16-8-12-7-11(10(2)3)5-6-13(12)15/h5-7H,2,4,8-9H2,1,3H3,(H,16,17). The summed E-state index contributed by atoms with van der Waals surface area (Å²) in [4.78, 5) is 11.4. The van der Waals surface area contributed by atoms with Crippen LogP contribution in [0.2, 0.25) is 5.02 Å². The number of hydrogen-bond acceptors (Lipinski definition) is 2. The first kappa shape index (κ1) is 14.7. The molecule has 1 aromatic carbocycles. The molecule has 0 aliphatic heterocycles. The molecule has 1 amide bonds. The first-order valence-electron chi connectivity index (χ1n) is 5.83. The van der Waals surface area contributed by atoms with Crippen molar-refractivity contribution in [2.75, 3.05) is 13.2 Å². The van der Waals surface area contributed by atoms with Gasteiger partial charge in [-0.3, -0.25) is 4.79 Å². The van der Waals surface area contributed by atoms with Crippen LogP contribution < -0.4 is 5.32 Å². The molecule has 0 radical (unpaired) electrons. The van der Waals surface area contributed by atoms with Crippen LogP contribution >= 0.6 is 11.6 Å². The molecule has 0 aromatic heterocycles. The quantitative estimate of drug-likeness (QED) is 0.860. The lowest BCUT2D eigenvalue weighted by atomic mass is 10.1. The molecule has 1 N–H and O–H groups in total. The van der Waals surface area contributed by atoms with Gasteiger partial charge in [-0.2, -0.15) is 0 Å². The van der Waals surface area contributed by atoms with E-state index in [1.54, 1.807) is 0 Å². The van der Waals surface area contributed by atoms with Crippen molar-refractivity contribution in [3.05, 3.63) is 40.9 Å². The molecule has 18 heavy (non-hydrogen) atoms. The van der Waals surface area contributed by atoms with Crippen molar-refractivity contribution < 1.29 is 9.53 Å². The van der Waals surface area contributed by atoms with E-state index < -0.39 is 0 Å². The second-order valence-corrected chi connectivity index (χ2v) is 4.41. The van der Waals surface area contributed by atoms with Gasteiger partial charge in [0, 0.05) is 18.2 Å². The van der Waals surface area contributed by atoms with E-state index in [4.69, 9.17) is 16.3 Å². The molecule has 0 fully saturated rings. The molecule has 98 valence electrons. The molecule has 0 atom stereocenters. The van der Waals surface area contributed by atoms with Gasteiger partial charge >= 0.3 is 0 Å². The zero-order valence-corrected chi connectivity index (χ0v) is 11.5. The molecule has 0 saturated heterocycles. The predicted molar refractivity (Wildman–Crippen MR) is 74.5 cm³/mol. The van der Waals surface area contributed by atoms with E-state index in [1.807, 2.05) is 32.0 Å². The Kier molecular flexibility index (Phi) is 5.89. The van der Waals surface area contributed by atoms with E-state index in [0.717, 1.165) is 16.7 Å². The fourth-order valence-electron chi connectivity index (χ4n) is 1.42. The molecule has 0 saturated carbocycles. The number of allylic oxidation sites excluding steroid dienone is 1. The van der Waals surface area contributed by atoms with E-state index in [2.05, 4.69) is 11.9 Å². The van der Waals surface area contributed by atoms with Gasteiger partial charge in [0.1, 0.15) is 6.61 Å². The van der Waals surface area contributed by atoms with Gasteiger partial charge in [-0.05, 0) is 37.1 Å². The van der Waals surface area contributed by atoms with Crippen LogP contribution in [0.3, 0.4) is 0 Å². The number of amides is 1. The molecule has 0 bridgehead atoms. The highest BCUT2D eigenvalue weighted by atomic mass is 35.5. The Balaban J connectivity index is 2.63. The highest BCUT2D eigenvalue weighted by Crippen LogP contribution is 2.21. The normalized spacial score (nSPS) is 10.2. The maximum atomic E-state index is 11.4. The first-order valence-corrected chi connectivity index (χ1v) is 6.21. The summed E-state index contributed by atoms with van der Waals surface area (Å²) in [5, 5.41) is 3.40. The van der Waals surface area contributed by atoms with Crippen molar-refractivity contribution in [1.82, 2.24) is 5.32 Å². The third-order valence-corrected chi connectivity index (χ3v) is 2.82. The largest absolute Gasteiger partial charge is 0.372 e. The highest BCUT2D eigenvalue weighted by molar-refractivity contribution is 6.31. The lowest BCUT2D eigenvalue weighted by molar-refractivity contribution is -0.125. The zero-order valence-electron chi connectivity index (χ0n) is 10.8. The van der Waals surface area contributed by atoms with E-state index in [-0.39, 0.29) is 12.5 Å². The fraction of sp³-hybridized carbons (Fsp3) is 0.357. The minimum absolute atomic E-state index is 0.0777. The molecule has 4 heteroatoms. The zero-order chi connectivity index (χ0) is 13.5. The molecular weight excluding hydrogens is 250 g/mol. The van der Waals surface area contributed by atoms with Gasteiger partial charge in [0.25, 0.3) is 0 Å². The van der Waals surface area contributed by atoms with Crippen LogP contribution in [0.5, 0.6) is 0 Å². The van der Waals surface area contributed by atoms with Crippen molar-refractivity contribution in [2.45, 2.75) is 20.4 Å². The fourth-order valence-corrected chi connectivity index (χ4v) is 1.60. The summed E-state index contributed by atoms with van der Waals surface area (Å²) >= 11 is 6.08. The predicted octanol–water partition coefficient (Wildman–Crippen LogP) is 3.03. The molecular formula is C14H18ClNO2. The van der Waals surface area contributed by atoms with Gasteiger partial charge in [0.05, 0.1) is 0 Å². The Morgan fingerprint density at radius 2 is 2.22 bits per heavy atom. The summed E-state index contributed by atoms with van der Waals surface area (Å²) in [7, 11) is 0. The van der Waals surface area contributed by atoms with Crippen LogP contribution in [-0.2, 0) is 16.1 Å². The van der Waals surface area contributed by atoms with Gasteiger partial charge in [0.15, 0.2) is 0 Å². The van der Waals surface area contributed by atoms with Crippen molar-refractivity contribution in [3.8, 4) is 0 Å². The van der Waals surface area contributed by atoms with Crippen molar-refractivity contribution >= 4 is 23.1 Å². The lowest BCUT2D eigenvalue weighted by Crippen LogP contribution is -2.27. The number of ether oxygens (including phenoxy) is 1. The summed E-state index contributed by atoms with van der Waals surface area (Å²) in [6.45, 7) is 8.66. The third-order valence-electron chi connectivity index (χ3n) is 2.45.